The van der Waals surface area contributed by atoms with Crippen LogP contribution in [0.5, 0.6) is 0 Å². The molecule has 19 heteroatoms. The predicted octanol–water partition coefficient (Wildman–Crippen LogP) is 3.49. The van der Waals surface area contributed by atoms with Crippen molar-refractivity contribution in [2.75, 3.05) is 0 Å². The molecule has 0 spiro atoms. The van der Waals surface area contributed by atoms with Gasteiger partial charge in [-0.1, -0.05) is 0 Å². The van der Waals surface area contributed by atoms with Crippen LogP contribution in [0.15, 0.2) is 32.6 Å². The monoisotopic (exact) mass is 530 g/mol. The lowest BCUT2D eigenvalue weighted by molar-refractivity contribution is -0.0438. The molecule has 0 amide bonds. The third kappa shape index (κ3) is 4.76. The van der Waals surface area contributed by atoms with Gasteiger partial charge in [0.1, 0.15) is 0 Å². The molecule has 178 valence electrons. The van der Waals surface area contributed by atoms with Crippen LogP contribution in [-0.2, 0) is 29.5 Å². The van der Waals surface area contributed by atoms with E-state index in [4.69, 9.17) is 5.11 Å². The molecule has 0 radical (unpaired) electrons. The van der Waals surface area contributed by atoms with Crippen LogP contribution >= 0.6 is 0 Å². The van der Waals surface area contributed by atoms with Gasteiger partial charge in [-0.3, -0.25) is 0 Å². The quantitative estimate of drug-likeness (QED) is 0.467. The molecule has 0 atom stereocenters. The normalized spacial score (nSPS) is 15.2. The number of hydrogen-bond donors (Lipinski definition) is 1. The molecule has 1 N–H and O–H groups in total. The van der Waals surface area contributed by atoms with Crippen LogP contribution in [0.4, 0.5) is 39.5 Å². The fourth-order valence-electron chi connectivity index (χ4n) is 1.91. The van der Waals surface area contributed by atoms with Crippen LogP contribution in [0.2, 0.25) is 0 Å². The Kier molecular flexibility index (Phi) is 6.57. The number of aliphatic hydroxyl groups is 1. The maximum Gasteiger partial charge on any atom is 0.501 e. The number of alkyl halides is 9. The van der Waals surface area contributed by atoms with Gasteiger partial charge in [-0.15, -0.1) is 0 Å². The van der Waals surface area contributed by atoms with Gasteiger partial charge in [0.15, 0.2) is 0 Å². The average molecular weight is 530 g/mol. The molecule has 1 rings (SSSR count). The standard InChI is InChI=1S/C12H7F9O7S3/c1-5(22)2-7-8(30(25,26)11(16,17)18)3-6(29(23,24)10(13,14)15)4-9(7)31(27,28)12(19,20)21/h2-4,22H,1H3/b5-2-. The van der Waals surface area contributed by atoms with Gasteiger partial charge in [0, 0.05) is 5.56 Å². The smallest absolute Gasteiger partial charge is 0.501 e. The van der Waals surface area contributed by atoms with Gasteiger partial charge in [0.2, 0.25) is 0 Å². The Labute approximate surface area is 167 Å². The Morgan fingerprint density at radius 3 is 1.23 bits per heavy atom. The summed E-state index contributed by atoms with van der Waals surface area (Å²) >= 11 is 0. The van der Waals surface area contributed by atoms with Gasteiger partial charge < -0.3 is 5.11 Å². The second-order valence-electron chi connectivity index (χ2n) is 5.47. The molecule has 0 aliphatic rings. The largest absolute Gasteiger partial charge is 0.513 e. The highest BCUT2D eigenvalue weighted by Crippen LogP contribution is 2.42. The summed E-state index contributed by atoms with van der Waals surface area (Å²) in [6.07, 6.45) is -0.235. The minimum absolute atomic E-state index is 0.235. The lowest BCUT2D eigenvalue weighted by atomic mass is 10.2. The van der Waals surface area contributed by atoms with E-state index in [1.165, 1.54) is 0 Å². The van der Waals surface area contributed by atoms with Crippen molar-refractivity contribution in [1.82, 2.24) is 0 Å². The summed E-state index contributed by atoms with van der Waals surface area (Å²) in [4.78, 5) is -7.69. The van der Waals surface area contributed by atoms with Crippen molar-refractivity contribution >= 4 is 35.6 Å². The number of aliphatic hydroxyl groups excluding tert-OH is 1. The van der Waals surface area contributed by atoms with Gasteiger partial charge in [-0.25, -0.2) is 25.3 Å². The van der Waals surface area contributed by atoms with Crippen molar-refractivity contribution in [3.63, 3.8) is 0 Å². The molecule has 0 unspecified atom stereocenters. The second-order valence-corrected chi connectivity index (χ2v) is 11.2. The molecule has 7 nitrogen and oxygen atoms in total. The fourth-order valence-corrected chi connectivity index (χ4v) is 4.92. The van der Waals surface area contributed by atoms with E-state index in [1.807, 2.05) is 0 Å². The Morgan fingerprint density at radius 2 is 1.00 bits per heavy atom. The summed E-state index contributed by atoms with van der Waals surface area (Å²) in [6.45, 7) is 0.536. The third-order valence-electron chi connectivity index (χ3n) is 3.23. The van der Waals surface area contributed by atoms with Crippen LogP contribution in [0, 0.1) is 0 Å². The van der Waals surface area contributed by atoms with Crippen molar-refractivity contribution in [1.29, 1.82) is 0 Å². The summed E-state index contributed by atoms with van der Waals surface area (Å²) in [5.74, 6) is -1.27. The van der Waals surface area contributed by atoms with Crippen LogP contribution in [0.25, 0.3) is 6.08 Å². The number of rotatable bonds is 4. The molecule has 0 saturated heterocycles. The first-order valence-electron chi connectivity index (χ1n) is 6.88. The van der Waals surface area contributed by atoms with Crippen LogP contribution in [0.1, 0.15) is 12.5 Å². The van der Waals surface area contributed by atoms with E-state index in [9.17, 15) is 64.8 Å². The summed E-state index contributed by atoms with van der Waals surface area (Å²) in [7, 11) is -20.7. The van der Waals surface area contributed by atoms with E-state index in [1.54, 1.807) is 0 Å². The second kappa shape index (κ2) is 7.54. The maximum atomic E-state index is 12.9. The Bertz CT molecular complexity index is 1160. The van der Waals surface area contributed by atoms with Gasteiger partial charge in [0.25, 0.3) is 29.5 Å². The SMILES string of the molecule is C/C(O)=C/c1c(S(=O)(=O)C(F)(F)F)cc(S(=O)(=O)C(F)(F)F)cc1S(=O)(=O)C(F)(F)F. The van der Waals surface area contributed by atoms with Crippen molar-refractivity contribution in [3.05, 3.63) is 23.5 Å². The number of benzene rings is 1. The van der Waals surface area contributed by atoms with E-state index in [0.29, 0.717) is 6.92 Å². The van der Waals surface area contributed by atoms with Crippen LogP contribution < -0.4 is 0 Å². The van der Waals surface area contributed by atoms with Crippen molar-refractivity contribution < 1.29 is 69.9 Å². The van der Waals surface area contributed by atoms with Crippen molar-refractivity contribution in [3.8, 4) is 0 Å². The van der Waals surface area contributed by atoms with Gasteiger partial charge in [-0.05, 0) is 25.1 Å². The van der Waals surface area contributed by atoms with E-state index in [-0.39, 0.29) is 6.08 Å². The molecule has 0 aromatic heterocycles. The number of sulfone groups is 3. The molecule has 0 saturated carbocycles. The molecule has 1 aromatic rings. The average Bonchev–Trinajstić information content (AvgIpc) is 2.50. The lowest BCUT2D eigenvalue weighted by Crippen LogP contribution is -2.29. The van der Waals surface area contributed by atoms with E-state index in [2.05, 4.69) is 0 Å². The first-order valence-corrected chi connectivity index (χ1v) is 11.3. The zero-order chi connectivity index (χ0) is 25.0. The third-order valence-corrected chi connectivity index (χ3v) is 7.75. The summed E-state index contributed by atoms with van der Waals surface area (Å²) in [5, 5.41) is 9.16. The zero-order valence-electron chi connectivity index (χ0n) is 14.3. The maximum absolute atomic E-state index is 12.9. The zero-order valence-corrected chi connectivity index (χ0v) is 16.7. The minimum atomic E-state index is -6.93. The molecule has 0 heterocycles. The first-order chi connectivity index (χ1) is 13.4. The highest BCUT2D eigenvalue weighted by atomic mass is 32.2. The number of allylic oxidation sites excluding steroid dienone is 1. The highest BCUT2D eigenvalue weighted by molar-refractivity contribution is 7.94. The van der Waals surface area contributed by atoms with Crippen LogP contribution in [-0.4, -0.2) is 46.9 Å². The summed E-state index contributed by atoms with van der Waals surface area (Å²) in [6, 6.07) is -1.62. The molecular weight excluding hydrogens is 523 g/mol. The van der Waals surface area contributed by atoms with Crippen molar-refractivity contribution in [2.45, 2.75) is 38.1 Å². The molecule has 31 heavy (non-hydrogen) atoms. The Hall–Kier alpha value is -2.02. The first kappa shape index (κ1) is 27.0. The molecule has 0 aliphatic carbocycles. The number of halogens is 9. The van der Waals surface area contributed by atoms with Gasteiger partial charge in [0.05, 0.1) is 20.4 Å². The van der Waals surface area contributed by atoms with E-state index >= 15 is 0 Å². The molecular formula is C12H7F9O7S3. The molecule has 0 aliphatic heterocycles. The van der Waals surface area contributed by atoms with Gasteiger partial charge >= 0.3 is 16.5 Å². The lowest BCUT2D eigenvalue weighted by Gasteiger charge is -2.18. The molecule has 0 bridgehead atoms. The van der Waals surface area contributed by atoms with Crippen LogP contribution in [0.3, 0.4) is 0 Å². The van der Waals surface area contributed by atoms with Crippen molar-refractivity contribution in [2.24, 2.45) is 0 Å². The summed E-state index contributed by atoms with van der Waals surface area (Å²) in [5.41, 5.74) is -21.3. The summed E-state index contributed by atoms with van der Waals surface area (Å²) < 4.78 is 186. The predicted molar refractivity (Wildman–Crippen MR) is 82.4 cm³/mol. The molecule has 0 fully saturated rings. The Morgan fingerprint density at radius 1 is 0.710 bits per heavy atom. The Balaban J connectivity index is 4.51. The van der Waals surface area contributed by atoms with E-state index < -0.39 is 84.2 Å². The van der Waals surface area contributed by atoms with E-state index in [0.717, 1.165) is 0 Å². The fraction of sp³-hybridized carbons (Fsp3) is 0.333. The van der Waals surface area contributed by atoms with Gasteiger partial charge in [-0.2, -0.15) is 39.5 Å². The minimum Gasteiger partial charge on any atom is -0.513 e. The molecule has 1 aromatic carbocycles. The highest BCUT2D eigenvalue weighted by Gasteiger charge is 2.54. The topological polar surface area (TPSA) is 123 Å². The number of hydrogen-bond acceptors (Lipinski definition) is 7.